The Morgan fingerprint density at radius 1 is 1.14 bits per heavy atom. The van der Waals surface area contributed by atoms with Gasteiger partial charge in [-0.15, -0.1) is 6.58 Å². The van der Waals surface area contributed by atoms with E-state index in [1.54, 1.807) is 6.08 Å². The molecular formula is C24H27NO4. The second-order valence-corrected chi connectivity index (χ2v) is 7.18. The lowest BCUT2D eigenvalue weighted by molar-refractivity contribution is -0.134. The highest BCUT2D eigenvalue weighted by atomic mass is 16.6. The van der Waals surface area contributed by atoms with Gasteiger partial charge in [0.05, 0.1) is 12.6 Å². The van der Waals surface area contributed by atoms with Crippen LogP contribution in [0.2, 0.25) is 0 Å². The maximum Gasteiger partial charge on any atom is 0.416 e. The fourth-order valence-corrected chi connectivity index (χ4v) is 3.50. The Balaban J connectivity index is 1.58. The third-order valence-corrected chi connectivity index (χ3v) is 5.04. The number of carbonyl (C=O) groups is 2. The Morgan fingerprint density at radius 2 is 1.79 bits per heavy atom. The first-order valence-corrected chi connectivity index (χ1v) is 9.95. The molecule has 1 saturated heterocycles. The SMILES string of the molecule is C=CC[C@H](CCOCc1ccccc1)C(=O)N1C(=O)OC[C@@H]1Cc1ccccc1. The third kappa shape index (κ3) is 5.78. The molecule has 5 nitrogen and oxygen atoms in total. The summed E-state index contributed by atoms with van der Waals surface area (Å²) in [7, 11) is 0. The normalized spacial score (nSPS) is 17.0. The Labute approximate surface area is 171 Å². The van der Waals surface area contributed by atoms with Crippen molar-refractivity contribution in [2.75, 3.05) is 13.2 Å². The van der Waals surface area contributed by atoms with Crippen LogP contribution in [0.15, 0.2) is 73.3 Å². The lowest BCUT2D eigenvalue weighted by Gasteiger charge is -2.24. The molecule has 152 valence electrons. The van der Waals surface area contributed by atoms with Gasteiger partial charge < -0.3 is 9.47 Å². The first-order valence-electron chi connectivity index (χ1n) is 9.95. The zero-order chi connectivity index (χ0) is 20.5. The molecule has 0 bridgehead atoms. The number of nitrogens with zero attached hydrogens (tertiary/aromatic N) is 1. The first kappa shape index (κ1) is 20.8. The summed E-state index contributed by atoms with van der Waals surface area (Å²) in [5, 5.41) is 0. The lowest BCUT2D eigenvalue weighted by Crippen LogP contribution is -2.43. The Hall–Kier alpha value is -2.92. The van der Waals surface area contributed by atoms with Crippen LogP contribution in [0, 0.1) is 5.92 Å². The molecule has 1 aliphatic heterocycles. The van der Waals surface area contributed by atoms with Crippen molar-refractivity contribution in [3.8, 4) is 0 Å². The van der Waals surface area contributed by atoms with Crippen molar-refractivity contribution in [3.05, 3.63) is 84.4 Å². The number of hydrogen-bond acceptors (Lipinski definition) is 4. The summed E-state index contributed by atoms with van der Waals surface area (Å²) in [5.41, 5.74) is 2.16. The number of benzene rings is 2. The van der Waals surface area contributed by atoms with Gasteiger partial charge in [0.15, 0.2) is 0 Å². The summed E-state index contributed by atoms with van der Waals surface area (Å²) in [6.07, 6.45) is 2.77. The number of carbonyl (C=O) groups excluding carboxylic acids is 2. The van der Waals surface area contributed by atoms with E-state index in [4.69, 9.17) is 9.47 Å². The number of allylic oxidation sites excluding steroid dienone is 1. The topological polar surface area (TPSA) is 55.8 Å². The molecule has 29 heavy (non-hydrogen) atoms. The molecule has 1 aliphatic rings. The van der Waals surface area contributed by atoms with Gasteiger partial charge in [-0.25, -0.2) is 9.69 Å². The Morgan fingerprint density at radius 3 is 2.45 bits per heavy atom. The number of hydrogen-bond donors (Lipinski definition) is 0. The van der Waals surface area contributed by atoms with E-state index < -0.39 is 6.09 Å². The number of rotatable bonds is 10. The Bertz CT molecular complexity index is 806. The fraction of sp³-hybridized carbons (Fsp3) is 0.333. The molecule has 2 atom stereocenters. The van der Waals surface area contributed by atoms with Crippen LogP contribution in [0.4, 0.5) is 4.79 Å². The largest absolute Gasteiger partial charge is 0.447 e. The molecule has 0 aliphatic carbocycles. The molecule has 0 unspecified atom stereocenters. The van der Waals surface area contributed by atoms with Crippen LogP contribution in [0.1, 0.15) is 24.0 Å². The number of amides is 2. The second kappa shape index (κ2) is 10.6. The zero-order valence-electron chi connectivity index (χ0n) is 16.5. The molecular weight excluding hydrogens is 366 g/mol. The molecule has 0 saturated carbocycles. The molecule has 2 aromatic rings. The van der Waals surface area contributed by atoms with Crippen LogP contribution in [-0.2, 0) is 27.3 Å². The van der Waals surface area contributed by atoms with Gasteiger partial charge >= 0.3 is 6.09 Å². The minimum absolute atomic E-state index is 0.211. The van der Waals surface area contributed by atoms with Gasteiger partial charge in [-0.2, -0.15) is 0 Å². The van der Waals surface area contributed by atoms with Crippen LogP contribution in [0.5, 0.6) is 0 Å². The minimum Gasteiger partial charge on any atom is -0.447 e. The van der Waals surface area contributed by atoms with Crippen molar-refractivity contribution in [2.45, 2.75) is 31.9 Å². The highest BCUT2D eigenvalue weighted by Gasteiger charge is 2.40. The summed E-state index contributed by atoms with van der Waals surface area (Å²) in [5.74, 6) is -0.566. The van der Waals surface area contributed by atoms with E-state index >= 15 is 0 Å². The monoisotopic (exact) mass is 393 g/mol. The lowest BCUT2D eigenvalue weighted by atomic mass is 9.98. The highest BCUT2D eigenvalue weighted by molar-refractivity contribution is 5.94. The van der Waals surface area contributed by atoms with Crippen LogP contribution >= 0.6 is 0 Å². The van der Waals surface area contributed by atoms with E-state index in [1.807, 2.05) is 60.7 Å². The number of cyclic esters (lactones) is 1. The molecule has 1 fully saturated rings. The smallest absolute Gasteiger partial charge is 0.416 e. The molecule has 2 amide bonds. The second-order valence-electron chi connectivity index (χ2n) is 7.18. The van der Waals surface area contributed by atoms with Gasteiger partial charge in [0.25, 0.3) is 0 Å². The van der Waals surface area contributed by atoms with Crippen molar-refractivity contribution in [2.24, 2.45) is 5.92 Å². The Kier molecular flexibility index (Phi) is 7.59. The van der Waals surface area contributed by atoms with Crippen molar-refractivity contribution in [1.29, 1.82) is 0 Å². The van der Waals surface area contributed by atoms with E-state index in [0.717, 1.165) is 11.1 Å². The van der Waals surface area contributed by atoms with E-state index in [9.17, 15) is 9.59 Å². The maximum absolute atomic E-state index is 13.1. The van der Waals surface area contributed by atoms with Crippen LogP contribution in [0.3, 0.4) is 0 Å². The van der Waals surface area contributed by atoms with Gasteiger partial charge in [0, 0.05) is 12.5 Å². The molecule has 0 spiro atoms. The van der Waals surface area contributed by atoms with E-state index in [2.05, 4.69) is 6.58 Å². The minimum atomic E-state index is -0.560. The summed E-state index contributed by atoms with van der Waals surface area (Å²) >= 11 is 0. The van der Waals surface area contributed by atoms with Gasteiger partial charge in [0.2, 0.25) is 5.91 Å². The van der Waals surface area contributed by atoms with Crippen LogP contribution in [0.25, 0.3) is 0 Å². The van der Waals surface area contributed by atoms with Crippen molar-refractivity contribution in [3.63, 3.8) is 0 Å². The van der Waals surface area contributed by atoms with E-state index in [1.165, 1.54) is 4.90 Å². The molecule has 1 heterocycles. The summed E-state index contributed by atoms with van der Waals surface area (Å²) < 4.78 is 10.9. The fourth-order valence-electron chi connectivity index (χ4n) is 3.50. The average molecular weight is 393 g/mol. The summed E-state index contributed by atoms with van der Waals surface area (Å²) in [6.45, 7) is 4.92. The molecule has 2 aromatic carbocycles. The molecule has 0 N–H and O–H groups in total. The van der Waals surface area contributed by atoms with Gasteiger partial charge in [-0.1, -0.05) is 66.7 Å². The number of imide groups is 1. The van der Waals surface area contributed by atoms with Gasteiger partial charge in [-0.05, 0) is 30.4 Å². The van der Waals surface area contributed by atoms with E-state index in [-0.39, 0.29) is 24.5 Å². The van der Waals surface area contributed by atoms with Crippen molar-refractivity contribution < 1.29 is 19.1 Å². The van der Waals surface area contributed by atoms with E-state index in [0.29, 0.717) is 32.5 Å². The van der Waals surface area contributed by atoms with Gasteiger partial charge in [0.1, 0.15) is 6.61 Å². The first-order chi connectivity index (χ1) is 14.2. The van der Waals surface area contributed by atoms with Crippen LogP contribution in [-0.4, -0.2) is 36.2 Å². The predicted molar refractivity (Wildman–Crippen MR) is 111 cm³/mol. The molecule has 3 rings (SSSR count). The molecule has 0 aromatic heterocycles. The zero-order valence-corrected chi connectivity index (χ0v) is 16.5. The molecule has 0 radical (unpaired) electrons. The average Bonchev–Trinajstić information content (AvgIpc) is 3.11. The summed E-state index contributed by atoms with van der Waals surface area (Å²) in [6, 6.07) is 19.4. The van der Waals surface area contributed by atoms with Crippen molar-refractivity contribution >= 4 is 12.0 Å². The number of ether oxygens (including phenoxy) is 2. The third-order valence-electron chi connectivity index (χ3n) is 5.04. The maximum atomic E-state index is 13.1. The standard InChI is InChI=1S/C24H27NO4/c1-2-9-21(14-15-28-17-20-12-7-4-8-13-20)23(26)25-22(18-29-24(25)27)16-19-10-5-3-6-11-19/h2-8,10-13,21-22H,1,9,14-18H2/t21-,22+/m1/s1. The predicted octanol–water partition coefficient (Wildman–Crippen LogP) is 4.38. The summed E-state index contributed by atoms with van der Waals surface area (Å²) in [4.78, 5) is 26.7. The quantitative estimate of drug-likeness (QED) is 0.444. The van der Waals surface area contributed by atoms with Gasteiger partial charge in [-0.3, -0.25) is 4.79 Å². The van der Waals surface area contributed by atoms with Crippen molar-refractivity contribution in [1.82, 2.24) is 4.90 Å². The highest BCUT2D eigenvalue weighted by Crippen LogP contribution is 2.23. The van der Waals surface area contributed by atoms with Crippen LogP contribution < -0.4 is 0 Å². The molecule has 5 heteroatoms.